The topological polar surface area (TPSA) is 63.2 Å². The normalized spacial score (nSPS) is 16.0. The summed E-state index contributed by atoms with van der Waals surface area (Å²) in [7, 11) is 4.36. The van der Waals surface area contributed by atoms with Crippen LogP contribution in [0.3, 0.4) is 0 Å². The first-order valence-corrected chi connectivity index (χ1v) is 9.08. The van der Waals surface area contributed by atoms with Crippen molar-refractivity contribution >= 4 is 23.3 Å². The van der Waals surface area contributed by atoms with Gasteiger partial charge in [-0.05, 0) is 31.5 Å². The maximum absolute atomic E-state index is 15.3. The van der Waals surface area contributed by atoms with Crippen molar-refractivity contribution < 1.29 is 18.7 Å². The molecule has 1 heterocycles. The van der Waals surface area contributed by atoms with E-state index in [0.29, 0.717) is 27.4 Å². The molecular formula is C20H21ClFN3O3. The molecule has 1 N–H and O–H groups in total. The van der Waals surface area contributed by atoms with Crippen molar-refractivity contribution in [1.82, 2.24) is 10.3 Å². The molecule has 0 fully saturated rings. The molecule has 1 aliphatic rings. The molecule has 8 heteroatoms. The number of nitrogens with one attached hydrogen (secondary N) is 1. The summed E-state index contributed by atoms with van der Waals surface area (Å²) in [6, 6.07) is 7.91. The zero-order valence-corrected chi connectivity index (χ0v) is 16.8. The van der Waals surface area contributed by atoms with Crippen LogP contribution < -0.4 is 14.8 Å². The number of methoxy groups -OCH3 is 2. The Morgan fingerprint density at radius 2 is 1.96 bits per heavy atom. The Labute approximate surface area is 167 Å². The van der Waals surface area contributed by atoms with Crippen LogP contribution in [-0.4, -0.2) is 44.1 Å². The van der Waals surface area contributed by atoms with E-state index in [-0.39, 0.29) is 30.0 Å². The van der Waals surface area contributed by atoms with Crippen LogP contribution in [0, 0.1) is 5.82 Å². The molecule has 0 bridgehead atoms. The van der Waals surface area contributed by atoms with Gasteiger partial charge in [0.25, 0.3) is 0 Å². The first-order chi connectivity index (χ1) is 13.4. The van der Waals surface area contributed by atoms with Crippen molar-refractivity contribution in [3.63, 3.8) is 0 Å². The summed E-state index contributed by atoms with van der Waals surface area (Å²) in [4.78, 5) is 12.4. The molecule has 2 aromatic rings. The summed E-state index contributed by atoms with van der Waals surface area (Å²) in [5.74, 6) is -0.247. The van der Waals surface area contributed by atoms with Crippen molar-refractivity contribution in [2.75, 3.05) is 21.3 Å². The number of hydrogen-bond acceptors (Lipinski definition) is 4. The number of urea groups is 1. The summed E-state index contributed by atoms with van der Waals surface area (Å²) in [5.41, 5.74) is 2.08. The van der Waals surface area contributed by atoms with Gasteiger partial charge in [-0.2, -0.15) is 5.10 Å². The standard InChI is InChI=1S/C20H21ClFN3O3/c1-11-9-14-15(10-16(27-3)19(28-4)17(14)22)18(24-25(11)20(26)23-2)12-5-7-13(21)8-6-12/h5-8,10-11H,9H2,1-4H3,(H,23,26). The second-order valence-electron chi connectivity index (χ2n) is 6.36. The predicted octanol–water partition coefficient (Wildman–Crippen LogP) is 3.83. The molecule has 1 atom stereocenters. The van der Waals surface area contributed by atoms with Crippen LogP contribution in [0.25, 0.3) is 0 Å². The van der Waals surface area contributed by atoms with Crippen molar-refractivity contribution in [2.45, 2.75) is 19.4 Å². The van der Waals surface area contributed by atoms with Crippen LogP contribution in [0.5, 0.6) is 11.5 Å². The lowest BCUT2D eigenvalue weighted by atomic mass is 9.93. The van der Waals surface area contributed by atoms with Crippen LogP contribution in [-0.2, 0) is 6.42 Å². The average Bonchev–Trinajstić information content (AvgIpc) is 2.84. The maximum Gasteiger partial charge on any atom is 0.337 e. The van der Waals surface area contributed by atoms with Crippen molar-refractivity contribution in [3.8, 4) is 11.5 Å². The summed E-state index contributed by atoms with van der Waals surface area (Å²) >= 11 is 6.01. The number of rotatable bonds is 3. The Morgan fingerprint density at radius 1 is 1.29 bits per heavy atom. The van der Waals surface area contributed by atoms with Gasteiger partial charge in [0, 0.05) is 28.8 Å². The molecule has 1 aliphatic heterocycles. The third-order valence-electron chi connectivity index (χ3n) is 4.63. The summed E-state index contributed by atoms with van der Waals surface area (Å²) < 4.78 is 25.8. The van der Waals surface area contributed by atoms with E-state index < -0.39 is 5.82 Å². The third kappa shape index (κ3) is 3.49. The average molecular weight is 406 g/mol. The maximum atomic E-state index is 15.3. The molecule has 0 saturated heterocycles. The number of hydrogen-bond donors (Lipinski definition) is 1. The highest BCUT2D eigenvalue weighted by molar-refractivity contribution is 6.30. The van der Waals surface area contributed by atoms with Gasteiger partial charge < -0.3 is 14.8 Å². The van der Waals surface area contributed by atoms with Crippen molar-refractivity contribution in [2.24, 2.45) is 5.10 Å². The minimum Gasteiger partial charge on any atom is -0.493 e. The number of ether oxygens (including phenoxy) is 2. The number of halogens is 2. The highest BCUT2D eigenvalue weighted by Gasteiger charge is 2.31. The number of amides is 2. The summed E-state index contributed by atoms with van der Waals surface area (Å²) in [6.45, 7) is 1.81. The van der Waals surface area contributed by atoms with Crippen LogP contribution in [0.2, 0.25) is 5.02 Å². The van der Waals surface area contributed by atoms with Crippen LogP contribution >= 0.6 is 11.6 Å². The molecule has 0 aromatic heterocycles. The highest BCUT2D eigenvalue weighted by atomic mass is 35.5. The van der Waals surface area contributed by atoms with Gasteiger partial charge in [-0.3, -0.25) is 0 Å². The molecule has 0 aliphatic carbocycles. The van der Waals surface area contributed by atoms with Crippen LogP contribution in [0.15, 0.2) is 35.4 Å². The van der Waals surface area contributed by atoms with Gasteiger partial charge in [-0.25, -0.2) is 14.2 Å². The van der Waals surface area contributed by atoms with Gasteiger partial charge in [0.05, 0.1) is 26.0 Å². The highest BCUT2D eigenvalue weighted by Crippen LogP contribution is 2.38. The second kappa shape index (κ2) is 8.06. The minimum atomic E-state index is -0.524. The molecule has 148 valence electrons. The number of carbonyl (C=O) groups is 1. The number of carbonyl (C=O) groups excluding carboxylic acids is 1. The predicted molar refractivity (Wildman–Crippen MR) is 106 cm³/mol. The van der Waals surface area contributed by atoms with Gasteiger partial charge in [0.2, 0.25) is 0 Å². The fourth-order valence-corrected chi connectivity index (χ4v) is 3.35. The molecule has 0 spiro atoms. The zero-order chi connectivity index (χ0) is 20.4. The quantitative estimate of drug-likeness (QED) is 0.844. The van der Waals surface area contributed by atoms with E-state index in [0.717, 1.165) is 0 Å². The van der Waals surface area contributed by atoms with Crippen molar-refractivity contribution in [1.29, 1.82) is 0 Å². The van der Waals surface area contributed by atoms with E-state index in [1.165, 1.54) is 26.3 Å². The molecule has 2 aromatic carbocycles. The number of hydrazone groups is 1. The molecule has 28 heavy (non-hydrogen) atoms. The lowest BCUT2D eigenvalue weighted by Crippen LogP contribution is -2.41. The summed E-state index contributed by atoms with van der Waals surface area (Å²) in [6.07, 6.45) is 0.259. The van der Waals surface area contributed by atoms with E-state index in [1.54, 1.807) is 30.3 Å². The molecule has 0 saturated carbocycles. The van der Waals surface area contributed by atoms with Gasteiger partial charge >= 0.3 is 6.03 Å². The largest absolute Gasteiger partial charge is 0.493 e. The number of nitrogens with zero attached hydrogens (tertiary/aromatic N) is 2. The zero-order valence-electron chi connectivity index (χ0n) is 16.0. The lowest BCUT2D eigenvalue weighted by Gasteiger charge is -2.22. The fraction of sp³-hybridized carbons (Fsp3) is 0.300. The fourth-order valence-electron chi connectivity index (χ4n) is 3.22. The Hall–Kier alpha value is -2.80. The molecule has 2 amide bonds. The third-order valence-corrected chi connectivity index (χ3v) is 4.88. The van der Waals surface area contributed by atoms with Crippen LogP contribution in [0.1, 0.15) is 23.6 Å². The first kappa shape index (κ1) is 19.9. The van der Waals surface area contributed by atoms with E-state index in [1.807, 2.05) is 6.92 Å². The Bertz CT molecular complexity index is 931. The van der Waals surface area contributed by atoms with E-state index >= 15 is 4.39 Å². The first-order valence-electron chi connectivity index (χ1n) is 8.70. The van der Waals surface area contributed by atoms with E-state index in [9.17, 15) is 4.79 Å². The minimum absolute atomic E-state index is 0.0253. The molecule has 3 rings (SSSR count). The summed E-state index contributed by atoms with van der Waals surface area (Å²) in [5, 5.41) is 9.03. The molecule has 0 radical (unpaired) electrons. The van der Waals surface area contributed by atoms with E-state index in [4.69, 9.17) is 21.1 Å². The number of fused-ring (bicyclic) bond motifs is 1. The van der Waals surface area contributed by atoms with Gasteiger partial charge in [0.1, 0.15) is 0 Å². The van der Waals surface area contributed by atoms with Gasteiger partial charge in [-0.15, -0.1) is 0 Å². The van der Waals surface area contributed by atoms with E-state index in [2.05, 4.69) is 10.4 Å². The molecule has 6 nitrogen and oxygen atoms in total. The number of benzene rings is 2. The smallest absolute Gasteiger partial charge is 0.337 e. The Morgan fingerprint density at radius 3 is 2.54 bits per heavy atom. The lowest BCUT2D eigenvalue weighted by molar-refractivity contribution is 0.184. The second-order valence-corrected chi connectivity index (χ2v) is 6.80. The monoisotopic (exact) mass is 405 g/mol. The van der Waals surface area contributed by atoms with Gasteiger partial charge in [0.15, 0.2) is 17.3 Å². The van der Waals surface area contributed by atoms with Crippen LogP contribution in [0.4, 0.5) is 9.18 Å². The van der Waals surface area contributed by atoms with Gasteiger partial charge in [-0.1, -0.05) is 23.7 Å². The Kier molecular flexibility index (Phi) is 5.74. The Balaban J connectivity index is 2.30. The van der Waals surface area contributed by atoms with Crippen molar-refractivity contribution in [3.05, 3.63) is 57.9 Å². The molecule has 1 unspecified atom stereocenters. The molecular weight excluding hydrogens is 385 g/mol. The SMILES string of the molecule is CNC(=O)N1N=C(c2ccc(Cl)cc2)c2cc(OC)c(OC)c(F)c2CC1C.